The highest BCUT2D eigenvalue weighted by atomic mass is 35.5. The zero-order valence-electron chi connectivity index (χ0n) is 17.6. The van der Waals surface area contributed by atoms with Crippen molar-refractivity contribution in [2.24, 2.45) is 13.0 Å². The average molecular weight is 457 g/mol. The van der Waals surface area contributed by atoms with E-state index in [-0.39, 0.29) is 11.8 Å². The summed E-state index contributed by atoms with van der Waals surface area (Å²) in [6.07, 6.45) is 1.81. The van der Waals surface area contributed by atoms with Crippen LogP contribution in [0.5, 0.6) is 0 Å². The van der Waals surface area contributed by atoms with Crippen molar-refractivity contribution in [1.82, 2.24) is 24.2 Å². The van der Waals surface area contributed by atoms with Crippen LogP contribution in [0.1, 0.15) is 18.5 Å². The van der Waals surface area contributed by atoms with Gasteiger partial charge in [0.05, 0.1) is 12.6 Å². The fourth-order valence-electron chi connectivity index (χ4n) is 3.86. The molecule has 0 saturated carbocycles. The van der Waals surface area contributed by atoms with Crippen molar-refractivity contribution >= 4 is 35.5 Å². The fourth-order valence-corrected chi connectivity index (χ4v) is 4.17. The van der Waals surface area contributed by atoms with E-state index in [4.69, 9.17) is 28.9 Å². The predicted octanol–water partition coefficient (Wildman–Crippen LogP) is 4.28. The number of likely N-dealkylation sites (tertiary alicyclic amines) is 1. The number of rotatable bonds is 5. The van der Waals surface area contributed by atoms with Crippen molar-refractivity contribution in [3.05, 3.63) is 58.0 Å². The second kappa shape index (κ2) is 9.30. The first-order valence-corrected chi connectivity index (χ1v) is 11.1. The molecule has 1 amide bonds. The number of amides is 1. The number of carbonyl (C=O) groups is 1. The molecule has 1 saturated heterocycles. The van der Waals surface area contributed by atoms with E-state index < -0.39 is 0 Å². The van der Waals surface area contributed by atoms with E-state index in [0.29, 0.717) is 28.8 Å². The largest absolute Gasteiger partial charge is 0.310 e. The zero-order chi connectivity index (χ0) is 22.0. The molecule has 1 aliphatic rings. The van der Waals surface area contributed by atoms with E-state index >= 15 is 0 Å². The highest BCUT2D eigenvalue weighted by Gasteiger charge is 2.27. The molecule has 4 rings (SSSR count). The van der Waals surface area contributed by atoms with Gasteiger partial charge in [0.15, 0.2) is 10.6 Å². The highest BCUT2D eigenvalue weighted by molar-refractivity contribution is 7.71. The maximum Gasteiger partial charge on any atom is 0.229 e. The van der Waals surface area contributed by atoms with Crippen LogP contribution in [0.2, 0.25) is 5.02 Å². The minimum absolute atomic E-state index is 0.00858. The first-order chi connectivity index (χ1) is 14.9. The van der Waals surface area contributed by atoms with Crippen LogP contribution in [0, 0.1) is 17.6 Å². The molecule has 162 valence electrons. The standard InChI is InChI=1S/C22H25ClN6OS/c1-15-5-3-7-19(24-15)25-21(30)17-6-4-12-28(13-17)14-29-22(31)27(2)20(26-29)16-8-10-18(23)11-9-16/h3,5,7-11,17H,4,6,12-14H2,1-2H3,(H,24,25,30)/t17-/m1/s1. The number of benzene rings is 1. The molecule has 0 unspecified atom stereocenters. The molecular formula is C22H25ClN6OS. The van der Waals surface area contributed by atoms with Gasteiger partial charge in [-0.25, -0.2) is 9.67 Å². The van der Waals surface area contributed by atoms with Gasteiger partial charge < -0.3 is 9.88 Å². The second-order valence-corrected chi connectivity index (χ2v) is 8.68. The Morgan fingerprint density at radius 3 is 2.77 bits per heavy atom. The summed E-state index contributed by atoms with van der Waals surface area (Å²) in [6.45, 7) is 4.02. The van der Waals surface area contributed by atoms with Gasteiger partial charge in [-0.1, -0.05) is 17.7 Å². The van der Waals surface area contributed by atoms with E-state index in [0.717, 1.165) is 36.5 Å². The molecule has 3 heterocycles. The number of hydrogen-bond donors (Lipinski definition) is 1. The summed E-state index contributed by atoms with van der Waals surface area (Å²) in [5.41, 5.74) is 1.84. The lowest BCUT2D eigenvalue weighted by Crippen LogP contribution is -2.41. The van der Waals surface area contributed by atoms with Gasteiger partial charge in [0.25, 0.3) is 0 Å². The van der Waals surface area contributed by atoms with Crippen LogP contribution in [-0.2, 0) is 18.5 Å². The van der Waals surface area contributed by atoms with Crippen molar-refractivity contribution < 1.29 is 4.79 Å². The third kappa shape index (κ3) is 5.03. The third-order valence-electron chi connectivity index (χ3n) is 5.49. The molecule has 1 atom stereocenters. The molecule has 1 fully saturated rings. The van der Waals surface area contributed by atoms with Crippen molar-refractivity contribution in [3.8, 4) is 11.4 Å². The molecule has 0 spiro atoms. The first-order valence-electron chi connectivity index (χ1n) is 10.3. The summed E-state index contributed by atoms with van der Waals surface area (Å²) in [7, 11) is 1.91. The summed E-state index contributed by atoms with van der Waals surface area (Å²) in [5, 5.41) is 8.37. The number of aromatic nitrogens is 4. The smallest absolute Gasteiger partial charge is 0.229 e. The van der Waals surface area contributed by atoms with Gasteiger partial charge in [-0.2, -0.15) is 5.10 Å². The summed E-state index contributed by atoms with van der Waals surface area (Å²) < 4.78 is 4.36. The van der Waals surface area contributed by atoms with E-state index in [1.807, 2.05) is 65.7 Å². The Hall–Kier alpha value is -2.55. The van der Waals surface area contributed by atoms with E-state index in [1.165, 1.54) is 0 Å². The Kier molecular flexibility index (Phi) is 6.50. The van der Waals surface area contributed by atoms with Crippen molar-refractivity contribution in [2.45, 2.75) is 26.4 Å². The number of anilines is 1. The summed E-state index contributed by atoms with van der Waals surface area (Å²) in [6, 6.07) is 13.2. The fraction of sp³-hybridized carbons (Fsp3) is 0.364. The Morgan fingerprint density at radius 2 is 2.03 bits per heavy atom. The van der Waals surface area contributed by atoms with E-state index in [1.54, 1.807) is 0 Å². The Bertz CT molecular complexity index is 1140. The second-order valence-electron chi connectivity index (χ2n) is 7.88. The third-order valence-corrected chi connectivity index (χ3v) is 6.23. The number of carbonyl (C=O) groups excluding carboxylic acids is 1. The lowest BCUT2D eigenvalue weighted by atomic mass is 9.97. The van der Waals surface area contributed by atoms with Crippen LogP contribution in [0.15, 0.2) is 42.5 Å². The van der Waals surface area contributed by atoms with Gasteiger partial charge in [-0.3, -0.25) is 9.69 Å². The molecule has 0 aliphatic carbocycles. The van der Waals surface area contributed by atoms with Crippen LogP contribution < -0.4 is 5.32 Å². The summed E-state index contributed by atoms with van der Waals surface area (Å²) in [5.74, 6) is 1.30. The molecule has 1 aliphatic heterocycles. The molecule has 31 heavy (non-hydrogen) atoms. The maximum atomic E-state index is 12.8. The van der Waals surface area contributed by atoms with Gasteiger partial charge in [-0.05, 0) is 74.9 Å². The number of piperidine rings is 1. The monoisotopic (exact) mass is 456 g/mol. The number of hydrogen-bond acceptors (Lipinski definition) is 5. The lowest BCUT2D eigenvalue weighted by molar-refractivity contribution is -0.121. The minimum atomic E-state index is -0.0929. The van der Waals surface area contributed by atoms with E-state index in [9.17, 15) is 4.79 Å². The summed E-state index contributed by atoms with van der Waals surface area (Å²) >= 11 is 11.6. The normalized spacial score (nSPS) is 16.9. The average Bonchev–Trinajstić information content (AvgIpc) is 3.03. The Labute approximate surface area is 191 Å². The molecule has 9 heteroatoms. The molecule has 3 aromatic rings. The number of pyridine rings is 1. The van der Waals surface area contributed by atoms with Crippen LogP contribution in [0.25, 0.3) is 11.4 Å². The van der Waals surface area contributed by atoms with Crippen molar-refractivity contribution in [2.75, 3.05) is 18.4 Å². The molecule has 0 bridgehead atoms. The number of nitrogens with zero attached hydrogens (tertiary/aromatic N) is 5. The van der Waals surface area contributed by atoms with Crippen LogP contribution in [0.4, 0.5) is 5.82 Å². The van der Waals surface area contributed by atoms with Gasteiger partial charge in [0.1, 0.15) is 5.82 Å². The van der Waals surface area contributed by atoms with Crippen LogP contribution >= 0.6 is 23.8 Å². The van der Waals surface area contributed by atoms with Crippen molar-refractivity contribution in [1.29, 1.82) is 0 Å². The lowest BCUT2D eigenvalue weighted by Gasteiger charge is -2.31. The van der Waals surface area contributed by atoms with Gasteiger partial charge >= 0.3 is 0 Å². The van der Waals surface area contributed by atoms with Crippen LogP contribution in [0.3, 0.4) is 0 Å². The SMILES string of the molecule is Cc1cccc(NC(=O)[C@@H]2CCCN(Cn3nc(-c4ccc(Cl)cc4)n(C)c3=S)C2)n1. The molecule has 1 aromatic carbocycles. The Balaban J connectivity index is 1.45. The topological polar surface area (TPSA) is 68.0 Å². The van der Waals surface area contributed by atoms with E-state index in [2.05, 4.69) is 15.2 Å². The minimum Gasteiger partial charge on any atom is -0.310 e. The summed E-state index contributed by atoms with van der Waals surface area (Å²) in [4.78, 5) is 19.4. The molecular weight excluding hydrogens is 432 g/mol. The van der Waals surface area contributed by atoms with Crippen molar-refractivity contribution in [3.63, 3.8) is 0 Å². The van der Waals surface area contributed by atoms with Gasteiger partial charge in [0.2, 0.25) is 5.91 Å². The predicted molar refractivity (Wildman–Crippen MR) is 124 cm³/mol. The number of halogens is 1. The number of nitrogens with one attached hydrogen (secondary N) is 1. The number of aryl methyl sites for hydroxylation is 1. The quantitative estimate of drug-likeness (QED) is 0.580. The zero-order valence-corrected chi connectivity index (χ0v) is 19.2. The molecule has 7 nitrogen and oxygen atoms in total. The Morgan fingerprint density at radius 1 is 1.26 bits per heavy atom. The van der Waals surface area contributed by atoms with Gasteiger partial charge in [0, 0.05) is 29.9 Å². The maximum absolute atomic E-state index is 12.8. The molecule has 2 aromatic heterocycles. The van der Waals surface area contributed by atoms with Gasteiger partial charge in [-0.15, -0.1) is 0 Å². The first kappa shape index (κ1) is 21.7. The van der Waals surface area contributed by atoms with Crippen LogP contribution in [-0.4, -0.2) is 43.2 Å². The molecule has 1 N–H and O–H groups in total. The highest BCUT2D eigenvalue weighted by Crippen LogP contribution is 2.22. The molecule has 0 radical (unpaired) electrons.